The summed E-state index contributed by atoms with van der Waals surface area (Å²) in [5.41, 5.74) is 3.49. The number of benzene rings is 1. The molecule has 0 heterocycles. The van der Waals surface area contributed by atoms with Gasteiger partial charge in [0.05, 0.1) is 5.92 Å². The summed E-state index contributed by atoms with van der Waals surface area (Å²) in [7, 11) is 0. The van der Waals surface area contributed by atoms with Crippen LogP contribution in [0.25, 0.3) is 0 Å². The third kappa shape index (κ3) is 1.62. The Morgan fingerprint density at radius 2 is 1.69 bits per heavy atom. The summed E-state index contributed by atoms with van der Waals surface area (Å²) in [5, 5.41) is 9.16. The molecule has 0 saturated heterocycles. The predicted octanol–water partition coefficient (Wildman–Crippen LogP) is 3.13. The van der Waals surface area contributed by atoms with Gasteiger partial charge in [-0.1, -0.05) is 43.2 Å². The van der Waals surface area contributed by atoms with Crippen molar-refractivity contribution in [3.63, 3.8) is 0 Å². The lowest BCUT2D eigenvalue weighted by Crippen LogP contribution is -2.03. The first-order chi connectivity index (χ1) is 7.34. The lowest BCUT2D eigenvalue weighted by molar-refractivity contribution is -0.139. The highest BCUT2D eigenvalue weighted by molar-refractivity contribution is 5.77. The average molecular weight is 218 g/mol. The molecule has 0 unspecified atom stereocenters. The van der Waals surface area contributed by atoms with Gasteiger partial charge in [-0.05, 0) is 24.8 Å². The molecular weight excluding hydrogens is 200 g/mol. The van der Waals surface area contributed by atoms with E-state index in [1.807, 2.05) is 13.8 Å². The van der Waals surface area contributed by atoms with Crippen molar-refractivity contribution in [1.82, 2.24) is 0 Å². The van der Waals surface area contributed by atoms with Crippen molar-refractivity contribution in [2.24, 2.45) is 11.3 Å². The summed E-state index contributed by atoms with van der Waals surface area (Å²) < 4.78 is 0. The molecular formula is C14H18O2. The summed E-state index contributed by atoms with van der Waals surface area (Å²) in [6.07, 6.45) is 0. The summed E-state index contributed by atoms with van der Waals surface area (Å²) >= 11 is 0. The Morgan fingerprint density at radius 3 is 2.06 bits per heavy atom. The summed E-state index contributed by atoms with van der Waals surface area (Å²) in [6.45, 7) is 8.19. The monoisotopic (exact) mass is 218 g/mol. The maximum absolute atomic E-state index is 11.1. The lowest BCUT2D eigenvalue weighted by Gasteiger charge is -2.05. The van der Waals surface area contributed by atoms with Gasteiger partial charge < -0.3 is 5.11 Å². The average Bonchev–Trinajstić information content (AvgIpc) is 2.67. The van der Waals surface area contributed by atoms with Crippen molar-refractivity contribution in [2.75, 3.05) is 0 Å². The Bertz CT molecular complexity index is 426. The van der Waals surface area contributed by atoms with Crippen LogP contribution in [0.1, 0.15) is 36.5 Å². The van der Waals surface area contributed by atoms with Crippen LogP contribution in [0.15, 0.2) is 18.2 Å². The van der Waals surface area contributed by atoms with Gasteiger partial charge in [0.25, 0.3) is 0 Å². The Morgan fingerprint density at radius 1 is 1.19 bits per heavy atom. The number of hydrogen-bond donors (Lipinski definition) is 1. The minimum atomic E-state index is -0.672. The van der Waals surface area contributed by atoms with E-state index in [2.05, 4.69) is 32.0 Å². The van der Waals surface area contributed by atoms with Gasteiger partial charge in [0.1, 0.15) is 0 Å². The number of carboxylic acid groups (broad SMARTS) is 1. The Kier molecular flexibility index (Phi) is 2.33. The third-order valence-electron chi connectivity index (χ3n) is 3.70. The number of carboxylic acids is 1. The van der Waals surface area contributed by atoms with Gasteiger partial charge in [-0.3, -0.25) is 4.79 Å². The first kappa shape index (κ1) is 11.2. The van der Waals surface area contributed by atoms with Crippen molar-refractivity contribution in [2.45, 2.75) is 33.6 Å². The molecule has 16 heavy (non-hydrogen) atoms. The van der Waals surface area contributed by atoms with E-state index >= 15 is 0 Å². The van der Waals surface area contributed by atoms with Crippen LogP contribution in [-0.2, 0) is 4.79 Å². The lowest BCUT2D eigenvalue weighted by atomic mass is 9.99. The molecule has 2 atom stereocenters. The number of aliphatic carboxylic acids is 1. The number of hydrogen-bond acceptors (Lipinski definition) is 1. The topological polar surface area (TPSA) is 37.3 Å². The van der Waals surface area contributed by atoms with Gasteiger partial charge in [-0.15, -0.1) is 0 Å². The van der Waals surface area contributed by atoms with Crippen molar-refractivity contribution in [3.8, 4) is 0 Å². The van der Waals surface area contributed by atoms with E-state index in [0.717, 1.165) is 0 Å². The van der Waals surface area contributed by atoms with Gasteiger partial charge in [0, 0.05) is 5.92 Å². The minimum absolute atomic E-state index is 0.105. The Labute approximate surface area is 96.3 Å². The third-order valence-corrected chi connectivity index (χ3v) is 3.70. The normalized spacial score (nSPS) is 26.5. The standard InChI is InChI=1S/C14H18O2/c1-8-5-9(2)7-10(6-8)11-12(13(15)16)14(11,3)4/h5-7,11-12H,1-4H3,(H,15,16)/t11-,12+/m1/s1. The fourth-order valence-electron chi connectivity index (χ4n) is 2.91. The summed E-state index contributed by atoms with van der Waals surface area (Å²) in [6, 6.07) is 6.35. The van der Waals surface area contributed by atoms with E-state index in [4.69, 9.17) is 5.11 Å². The van der Waals surface area contributed by atoms with Gasteiger partial charge in [0.15, 0.2) is 0 Å². The predicted molar refractivity (Wildman–Crippen MR) is 63.6 cm³/mol. The SMILES string of the molecule is Cc1cc(C)cc([C@@H]2[C@@H](C(=O)O)C2(C)C)c1. The molecule has 1 saturated carbocycles. The molecule has 0 aliphatic heterocycles. The largest absolute Gasteiger partial charge is 0.481 e. The first-order valence-corrected chi connectivity index (χ1v) is 5.65. The second kappa shape index (κ2) is 3.34. The van der Waals surface area contributed by atoms with Crippen LogP contribution in [-0.4, -0.2) is 11.1 Å². The van der Waals surface area contributed by atoms with Crippen molar-refractivity contribution < 1.29 is 9.90 Å². The quantitative estimate of drug-likeness (QED) is 0.828. The van der Waals surface area contributed by atoms with E-state index in [1.165, 1.54) is 16.7 Å². The molecule has 2 nitrogen and oxygen atoms in total. The Balaban J connectivity index is 2.37. The zero-order valence-electron chi connectivity index (χ0n) is 10.2. The van der Waals surface area contributed by atoms with Crippen molar-refractivity contribution in [1.29, 1.82) is 0 Å². The fourth-order valence-corrected chi connectivity index (χ4v) is 2.91. The van der Waals surface area contributed by atoms with Crippen molar-refractivity contribution >= 4 is 5.97 Å². The van der Waals surface area contributed by atoms with Gasteiger partial charge in [0.2, 0.25) is 0 Å². The maximum atomic E-state index is 11.1. The molecule has 2 heteroatoms. The summed E-state index contributed by atoms with van der Waals surface area (Å²) in [4.78, 5) is 11.1. The smallest absolute Gasteiger partial charge is 0.307 e. The molecule has 1 aromatic carbocycles. The molecule has 1 N–H and O–H groups in total. The molecule has 1 aliphatic rings. The second-order valence-corrected chi connectivity index (χ2v) is 5.54. The van der Waals surface area contributed by atoms with Gasteiger partial charge in [-0.25, -0.2) is 0 Å². The molecule has 0 aromatic heterocycles. The molecule has 0 spiro atoms. The van der Waals surface area contributed by atoms with E-state index in [-0.39, 0.29) is 17.3 Å². The Hall–Kier alpha value is -1.31. The van der Waals surface area contributed by atoms with Crippen LogP contribution in [0.3, 0.4) is 0 Å². The van der Waals surface area contributed by atoms with Crippen LogP contribution in [0, 0.1) is 25.2 Å². The van der Waals surface area contributed by atoms with Crippen LogP contribution in [0.5, 0.6) is 0 Å². The minimum Gasteiger partial charge on any atom is -0.481 e. The highest BCUT2D eigenvalue weighted by Crippen LogP contribution is 2.64. The fraction of sp³-hybridized carbons (Fsp3) is 0.500. The molecule has 1 aromatic rings. The maximum Gasteiger partial charge on any atom is 0.307 e. The highest BCUT2D eigenvalue weighted by atomic mass is 16.4. The first-order valence-electron chi connectivity index (χ1n) is 5.65. The van der Waals surface area contributed by atoms with E-state index in [0.29, 0.717) is 0 Å². The van der Waals surface area contributed by atoms with Gasteiger partial charge in [-0.2, -0.15) is 0 Å². The summed E-state index contributed by atoms with van der Waals surface area (Å²) in [5.74, 6) is -0.730. The van der Waals surface area contributed by atoms with Crippen LogP contribution < -0.4 is 0 Å². The molecule has 0 radical (unpaired) electrons. The molecule has 86 valence electrons. The van der Waals surface area contributed by atoms with E-state index < -0.39 is 5.97 Å². The highest BCUT2D eigenvalue weighted by Gasteiger charge is 2.62. The number of aryl methyl sites for hydroxylation is 2. The van der Waals surface area contributed by atoms with Crippen LogP contribution >= 0.6 is 0 Å². The van der Waals surface area contributed by atoms with E-state index in [9.17, 15) is 4.79 Å². The van der Waals surface area contributed by atoms with Crippen LogP contribution in [0.2, 0.25) is 0 Å². The number of rotatable bonds is 2. The van der Waals surface area contributed by atoms with E-state index in [1.54, 1.807) is 0 Å². The van der Waals surface area contributed by atoms with Crippen LogP contribution in [0.4, 0.5) is 0 Å². The molecule has 0 bridgehead atoms. The zero-order valence-corrected chi connectivity index (χ0v) is 10.2. The molecule has 2 rings (SSSR count). The van der Waals surface area contributed by atoms with Crippen molar-refractivity contribution in [3.05, 3.63) is 34.9 Å². The molecule has 1 aliphatic carbocycles. The zero-order chi connectivity index (χ0) is 12.1. The molecule has 0 amide bonds. The molecule has 1 fully saturated rings. The number of carbonyl (C=O) groups is 1. The van der Waals surface area contributed by atoms with Gasteiger partial charge >= 0.3 is 5.97 Å². The second-order valence-electron chi connectivity index (χ2n) is 5.54.